The number of benzene rings is 1. The van der Waals surface area contributed by atoms with Crippen molar-refractivity contribution in [2.45, 2.75) is 30.4 Å². The average Bonchev–Trinajstić information content (AvgIpc) is 2.83. The lowest BCUT2D eigenvalue weighted by Crippen LogP contribution is -2.40. The van der Waals surface area contributed by atoms with Gasteiger partial charge < -0.3 is 20.4 Å². The minimum Gasteiger partial charge on any atom is -0.394 e. The highest BCUT2D eigenvalue weighted by molar-refractivity contribution is 7.99. The van der Waals surface area contributed by atoms with Gasteiger partial charge in [-0.3, -0.25) is 0 Å². The molecule has 0 spiro atoms. The van der Waals surface area contributed by atoms with Gasteiger partial charge in [-0.1, -0.05) is 18.5 Å². The van der Waals surface area contributed by atoms with E-state index in [1.54, 1.807) is 23.9 Å². The number of likely N-dealkylation sites (tertiary alicyclic amines) is 1. The first-order valence-corrected chi connectivity index (χ1v) is 8.20. The quantitative estimate of drug-likeness (QED) is 0.741. The van der Waals surface area contributed by atoms with Gasteiger partial charge in [-0.05, 0) is 30.4 Å². The maximum absolute atomic E-state index is 12.3. The molecule has 1 aromatic carbocycles. The van der Waals surface area contributed by atoms with Crippen LogP contribution in [0.25, 0.3) is 0 Å². The summed E-state index contributed by atoms with van der Waals surface area (Å²) in [5, 5.41) is 22.3. The highest BCUT2D eigenvalue weighted by Gasteiger charge is 2.34. The summed E-state index contributed by atoms with van der Waals surface area (Å²) >= 11 is 7.60. The van der Waals surface area contributed by atoms with E-state index in [4.69, 9.17) is 11.6 Å². The molecule has 1 saturated heterocycles. The lowest BCUT2D eigenvalue weighted by Gasteiger charge is -2.23. The first kappa shape index (κ1) is 16.4. The Labute approximate surface area is 133 Å². The molecule has 3 N–H and O–H groups in total. The largest absolute Gasteiger partial charge is 0.394 e. The van der Waals surface area contributed by atoms with Crippen LogP contribution in [0.2, 0.25) is 5.02 Å². The van der Waals surface area contributed by atoms with E-state index in [0.29, 0.717) is 17.1 Å². The molecular weight excluding hydrogens is 312 g/mol. The van der Waals surface area contributed by atoms with Crippen LogP contribution in [0.15, 0.2) is 23.1 Å². The lowest BCUT2D eigenvalue weighted by molar-refractivity contribution is 0.164. The third-order valence-corrected chi connectivity index (χ3v) is 4.54. The molecule has 1 fully saturated rings. The van der Waals surface area contributed by atoms with Crippen molar-refractivity contribution in [3.8, 4) is 0 Å². The molecule has 0 bridgehead atoms. The monoisotopic (exact) mass is 330 g/mol. The van der Waals surface area contributed by atoms with Crippen molar-refractivity contribution in [2.24, 2.45) is 0 Å². The number of halogens is 1. The Balaban J connectivity index is 2.13. The second-order valence-electron chi connectivity index (χ2n) is 4.88. The standard InChI is InChI=1S/C14H19ClN2O3S/c1-2-21-13-4-3-9(15)5-12(13)16-14(20)17-7-11(19)6-10(17)8-18/h3-5,10-11,18-19H,2,6-8H2,1H3,(H,16,20)/t10-,11+/m1/s1. The summed E-state index contributed by atoms with van der Waals surface area (Å²) in [6, 6.07) is 4.69. The Morgan fingerprint density at radius 1 is 1.57 bits per heavy atom. The van der Waals surface area contributed by atoms with Crippen LogP contribution in [-0.4, -0.2) is 52.2 Å². The molecule has 0 aliphatic carbocycles. The van der Waals surface area contributed by atoms with E-state index in [9.17, 15) is 15.0 Å². The minimum atomic E-state index is -0.586. The Morgan fingerprint density at radius 2 is 2.33 bits per heavy atom. The molecule has 0 saturated carbocycles. The SMILES string of the molecule is CCSc1ccc(Cl)cc1NC(=O)N1C[C@@H](O)C[C@@H]1CO. The summed E-state index contributed by atoms with van der Waals surface area (Å²) in [7, 11) is 0. The van der Waals surface area contributed by atoms with Crippen LogP contribution >= 0.6 is 23.4 Å². The maximum atomic E-state index is 12.3. The van der Waals surface area contributed by atoms with Crippen LogP contribution in [0.4, 0.5) is 10.5 Å². The van der Waals surface area contributed by atoms with Gasteiger partial charge in [-0.15, -0.1) is 11.8 Å². The van der Waals surface area contributed by atoms with Crippen molar-refractivity contribution in [3.63, 3.8) is 0 Å². The second-order valence-corrected chi connectivity index (χ2v) is 6.62. The predicted octanol–water partition coefficient (Wildman–Crippen LogP) is 2.41. The number of carbonyl (C=O) groups excluding carboxylic acids is 1. The van der Waals surface area contributed by atoms with Gasteiger partial charge in [0.25, 0.3) is 0 Å². The van der Waals surface area contributed by atoms with E-state index < -0.39 is 6.10 Å². The molecule has 0 radical (unpaired) electrons. The summed E-state index contributed by atoms with van der Waals surface area (Å²) in [5.41, 5.74) is 0.650. The van der Waals surface area contributed by atoms with Gasteiger partial charge in [-0.2, -0.15) is 0 Å². The van der Waals surface area contributed by atoms with Gasteiger partial charge in [0.1, 0.15) is 0 Å². The molecule has 2 atom stereocenters. The summed E-state index contributed by atoms with van der Waals surface area (Å²) < 4.78 is 0. The maximum Gasteiger partial charge on any atom is 0.322 e. The van der Waals surface area contributed by atoms with Crippen molar-refractivity contribution in [3.05, 3.63) is 23.2 Å². The average molecular weight is 331 g/mol. The normalized spacial score (nSPS) is 21.6. The Bertz CT molecular complexity index is 515. The van der Waals surface area contributed by atoms with E-state index in [0.717, 1.165) is 10.6 Å². The van der Waals surface area contributed by atoms with Gasteiger partial charge in [0.15, 0.2) is 0 Å². The molecular formula is C14H19ClN2O3S. The lowest BCUT2D eigenvalue weighted by atomic mass is 10.2. The number of nitrogens with one attached hydrogen (secondary N) is 1. The fraction of sp³-hybridized carbons (Fsp3) is 0.500. The number of urea groups is 1. The minimum absolute atomic E-state index is 0.156. The van der Waals surface area contributed by atoms with Gasteiger partial charge in [0, 0.05) is 16.5 Å². The predicted molar refractivity (Wildman–Crippen MR) is 85.1 cm³/mol. The zero-order valence-corrected chi connectivity index (χ0v) is 13.3. The molecule has 1 aromatic rings. The summed E-state index contributed by atoms with van der Waals surface area (Å²) in [6.45, 7) is 2.11. The molecule has 116 valence electrons. The molecule has 2 rings (SSSR count). The number of aliphatic hydroxyl groups is 2. The molecule has 7 heteroatoms. The van der Waals surface area contributed by atoms with E-state index in [-0.39, 0.29) is 25.2 Å². The van der Waals surface area contributed by atoms with Crippen LogP contribution in [0.1, 0.15) is 13.3 Å². The highest BCUT2D eigenvalue weighted by Crippen LogP contribution is 2.30. The first-order valence-electron chi connectivity index (χ1n) is 6.84. The van der Waals surface area contributed by atoms with E-state index in [2.05, 4.69) is 5.32 Å². The van der Waals surface area contributed by atoms with Crippen molar-refractivity contribution < 1.29 is 15.0 Å². The zero-order valence-electron chi connectivity index (χ0n) is 11.8. The summed E-state index contributed by atoms with van der Waals surface area (Å²) in [6.07, 6.45) is -0.188. The van der Waals surface area contributed by atoms with Crippen LogP contribution < -0.4 is 5.32 Å². The number of nitrogens with zero attached hydrogens (tertiary/aromatic N) is 1. The fourth-order valence-corrected chi connectivity index (χ4v) is 3.29. The number of rotatable bonds is 4. The van der Waals surface area contributed by atoms with Crippen LogP contribution in [0.3, 0.4) is 0 Å². The molecule has 1 aliphatic rings. The smallest absolute Gasteiger partial charge is 0.322 e. The van der Waals surface area contributed by atoms with Crippen LogP contribution in [0.5, 0.6) is 0 Å². The second kappa shape index (κ2) is 7.35. The third-order valence-electron chi connectivity index (χ3n) is 3.35. The number of amides is 2. The number of β-amino-alcohol motifs (C(OH)–C–C–N with tert-alkyl or cyclic N) is 1. The topological polar surface area (TPSA) is 72.8 Å². The number of hydrogen-bond acceptors (Lipinski definition) is 4. The summed E-state index contributed by atoms with van der Waals surface area (Å²) in [4.78, 5) is 14.7. The zero-order chi connectivity index (χ0) is 15.4. The van der Waals surface area contributed by atoms with Crippen molar-refractivity contribution in [2.75, 3.05) is 24.2 Å². The van der Waals surface area contributed by atoms with Crippen molar-refractivity contribution in [1.29, 1.82) is 0 Å². The summed E-state index contributed by atoms with van der Waals surface area (Å²) in [5.74, 6) is 0.881. The first-order chi connectivity index (χ1) is 10.0. The number of hydrogen-bond donors (Lipinski definition) is 3. The van der Waals surface area contributed by atoms with Crippen LogP contribution in [0, 0.1) is 0 Å². The van der Waals surface area contributed by atoms with Gasteiger partial charge >= 0.3 is 6.03 Å². The number of carbonyl (C=O) groups is 1. The van der Waals surface area contributed by atoms with Gasteiger partial charge in [0.05, 0.1) is 24.4 Å². The van der Waals surface area contributed by atoms with E-state index in [1.807, 2.05) is 13.0 Å². The molecule has 21 heavy (non-hydrogen) atoms. The molecule has 2 amide bonds. The Morgan fingerprint density at radius 3 is 3.00 bits per heavy atom. The van der Waals surface area contributed by atoms with Crippen LogP contribution in [-0.2, 0) is 0 Å². The fourth-order valence-electron chi connectivity index (χ4n) is 2.38. The van der Waals surface area contributed by atoms with Gasteiger partial charge in [-0.25, -0.2) is 4.79 Å². The Kier molecular flexibility index (Phi) is 5.75. The molecule has 0 unspecified atom stereocenters. The molecule has 1 aliphatic heterocycles. The molecule has 0 aromatic heterocycles. The number of thioether (sulfide) groups is 1. The Hall–Kier alpha value is -0.950. The van der Waals surface area contributed by atoms with E-state index in [1.165, 1.54) is 4.90 Å². The van der Waals surface area contributed by atoms with E-state index >= 15 is 0 Å². The molecule has 1 heterocycles. The highest BCUT2D eigenvalue weighted by atomic mass is 35.5. The third kappa shape index (κ3) is 4.03. The van der Waals surface area contributed by atoms with Crippen molar-refractivity contribution in [1.82, 2.24) is 4.90 Å². The van der Waals surface area contributed by atoms with Crippen molar-refractivity contribution >= 4 is 35.1 Å². The molecule has 5 nitrogen and oxygen atoms in total. The number of aliphatic hydroxyl groups excluding tert-OH is 2. The number of anilines is 1. The van der Waals surface area contributed by atoms with Gasteiger partial charge in [0.2, 0.25) is 0 Å².